The van der Waals surface area contributed by atoms with Crippen LogP contribution in [-0.4, -0.2) is 30.2 Å². The van der Waals surface area contributed by atoms with E-state index < -0.39 is 33.0 Å². The van der Waals surface area contributed by atoms with Crippen LogP contribution in [0.2, 0.25) is 0 Å². The van der Waals surface area contributed by atoms with Crippen molar-refractivity contribution >= 4 is 27.5 Å². The molecule has 7 nitrogen and oxygen atoms in total. The van der Waals surface area contributed by atoms with Crippen molar-refractivity contribution in [3.63, 3.8) is 0 Å². The van der Waals surface area contributed by atoms with Gasteiger partial charge in [-0.15, -0.1) is 0 Å². The second-order valence-corrected chi connectivity index (χ2v) is 12.0. The summed E-state index contributed by atoms with van der Waals surface area (Å²) in [5.41, 5.74) is 10.2. The molecule has 0 bridgehead atoms. The van der Waals surface area contributed by atoms with Gasteiger partial charge in [0.15, 0.2) is 33.0 Å². The zero-order valence-electron chi connectivity index (χ0n) is 21.8. The number of ketones is 1. The van der Waals surface area contributed by atoms with Gasteiger partial charge in [0.1, 0.15) is 23.1 Å². The number of hydrogen-bond acceptors (Lipinski definition) is 6. The molecule has 5 rings (SSSR count). The number of aromatic nitrogens is 2. The molecular formula is C29H24F3N3O4S. The highest BCUT2D eigenvalue weighted by Gasteiger charge is 2.26. The van der Waals surface area contributed by atoms with Gasteiger partial charge in [-0.1, -0.05) is 12.1 Å². The molecule has 1 aliphatic rings. The van der Waals surface area contributed by atoms with Gasteiger partial charge < -0.3 is 10.5 Å². The average molecular weight is 568 g/mol. The second-order valence-electron chi connectivity index (χ2n) is 9.83. The summed E-state index contributed by atoms with van der Waals surface area (Å²) in [6.07, 6.45) is 4.44. The Hall–Kier alpha value is -4.38. The Morgan fingerprint density at radius 1 is 1.05 bits per heavy atom. The predicted octanol–water partition coefficient (Wildman–Crippen LogP) is 5.65. The number of Topliss-reactive ketones (excluding diaryl/α,β-unsaturated/α-hetero) is 1. The Labute approximate surface area is 228 Å². The van der Waals surface area contributed by atoms with Crippen molar-refractivity contribution in [1.82, 2.24) is 9.78 Å². The molecule has 0 unspecified atom stereocenters. The van der Waals surface area contributed by atoms with Crippen molar-refractivity contribution in [2.24, 2.45) is 0 Å². The maximum atomic E-state index is 15.2. The molecule has 4 aromatic rings. The summed E-state index contributed by atoms with van der Waals surface area (Å²) in [4.78, 5) is 13.4. The van der Waals surface area contributed by atoms with Crippen LogP contribution in [0.5, 0.6) is 11.5 Å². The topological polar surface area (TPSA) is 104 Å². The first-order valence-corrected chi connectivity index (χ1v) is 14.2. The van der Waals surface area contributed by atoms with E-state index in [1.165, 1.54) is 18.5 Å². The number of sulfone groups is 1. The lowest BCUT2D eigenvalue weighted by Gasteiger charge is -2.13. The van der Waals surface area contributed by atoms with Crippen LogP contribution in [0.4, 0.5) is 19.0 Å². The van der Waals surface area contributed by atoms with Crippen molar-refractivity contribution in [3.8, 4) is 17.2 Å². The van der Waals surface area contributed by atoms with Crippen LogP contribution in [0.1, 0.15) is 38.2 Å². The van der Waals surface area contributed by atoms with Gasteiger partial charge in [0.2, 0.25) is 0 Å². The maximum absolute atomic E-state index is 15.2. The number of carbonyl (C=O) groups is 1. The van der Waals surface area contributed by atoms with Crippen LogP contribution in [0.25, 0.3) is 11.8 Å². The predicted molar refractivity (Wildman–Crippen MR) is 145 cm³/mol. The van der Waals surface area contributed by atoms with E-state index in [1.54, 1.807) is 19.1 Å². The fraction of sp³-hybridized carbons (Fsp3) is 0.172. The van der Waals surface area contributed by atoms with Crippen LogP contribution >= 0.6 is 0 Å². The third-order valence-corrected chi connectivity index (χ3v) is 7.46. The average Bonchev–Trinajstić information content (AvgIpc) is 3.43. The number of fused-ring (bicyclic) bond motifs is 1. The molecule has 0 saturated carbocycles. The summed E-state index contributed by atoms with van der Waals surface area (Å²) >= 11 is 0. The fourth-order valence-corrected chi connectivity index (χ4v) is 5.62. The molecule has 0 amide bonds. The zero-order chi connectivity index (χ0) is 28.9. The SMILES string of the molecule is Cc1cc2c(cc1CS(C)(=O)=O)CC(C(=O)c1cnn(-c3c(C)cc(Oc4cc(F)ccc4F)cc3F)c1N)=C2. The van der Waals surface area contributed by atoms with Crippen LogP contribution in [0.15, 0.2) is 54.2 Å². The lowest BCUT2D eigenvalue weighted by Crippen LogP contribution is -2.10. The third kappa shape index (κ3) is 5.24. The minimum Gasteiger partial charge on any atom is -0.454 e. The second kappa shape index (κ2) is 9.98. The summed E-state index contributed by atoms with van der Waals surface area (Å²) in [5.74, 6) is -3.36. The molecule has 40 heavy (non-hydrogen) atoms. The molecule has 0 aliphatic heterocycles. The number of allylic oxidation sites excluding steroid dienone is 1. The van der Waals surface area contributed by atoms with Crippen LogP contribution in [-0.2, 0) is 22.0 Å². The van der Waals surface area contributed by atoms with E-state index in [1.807, 2.05) is 13.0 Å². The number of halogens is 3. The highest BCUT2D eigenvalue weighted by Crippen LogP contribution is 2.34. The summed E-state index contributed by atoms with van der Waals surface area (Å²) in [5, 5.41) is 4.14. The van der Waals surface area contributed by atoms with Crippen molar-refractivity contribution in [2.75, 3.05) is 12.0 Å². The van der Waals surface area contributed by atoms with E-state index >= 15 is 4.39 Å². The monoisotopic (exact) mass is 567 g/mol. The number of nitrogens with zero attached hydrogens (tertiary/aromatic N) is 2. The number of nitrogen functional groups attached to an aromatic ring is 1. The lowest BCUT2D eigenvalue weighted by molar-refractivity contribution is 0.103. The van der Waals surface area contributed by atoms with Crippen molar-refractivity contribution < 1.29 is 31.1 Å². The summed E-state index contributed by atoms with van der Waals surface area (Å²) in [6.45, 7) is 3.38. The van der Waals surface area contributed by atoms with E-state index in [9.17, 15) is 22.0 Å². The summed E-state index contributed by atoms with van der Waals surface area (Å²) in [6, 6.07) is 8.74. The molecule has 1 aliphatic carbocycles. The van der Waals surface area contributed by atoms with E-state index in [2.05, 4.69) is 5.10 Å². The number of anilines is 1. The fourth-order valence-electron chi connectivity index (χ4n) is 4.74. The van der Waals surface area contributed by atoms with Crippen molar-refractivity contribution in [1.29, 1.82) is 0 Å². The maximum Gasteiger partial charge on any atom is 0.194 e. The van der Waals surface area contributed by atoms with Gasteiger partial charge in [0.05, 0.1) is 17.5 Å². The largest absolute Gasteiger partial charge is 0.454 e. The number of rotatable bonds is 7. The molecule has 3 aromatic carbocycles. The van der Waals surface area contributed by atoms with E-state index in [-0.39, 0.29) is 40.8 Å². The van der Waals surface area contributed by atoms with Gasteiger partial charge in [0, 0.05) is 30.4 Å². The summed E-state index contributed by atoms with van der Waals surface area (Å²) in [7, 11) is -3.23. The standard InChI is InChI=1S/C29H24F3N3O4S/c1-15-6-17-8-19(9-18(17)10-20(15)14-40(3,37)38)28(36)23-13-34-35(29(23)33)27-16(2)7-22(12-25(27)32)39-26-11-21(30)4-5-24(26)31/h4-8,10-13H,9,14,33H2,1-3H3. The number of benzene rings is 3. The van der Waals surface area contributed by atoms with Crippen molar-refractivity contribution in [3.05, 3.63) is 105 Å². The molecule has 0 spiro atoms. The number of aryl methyl sites for hydroxylation is 2. The smallest absolute Gasteiger partial charge is 0.194 e. The first kappa shape index (κ1) is 27.2. The number of nitrogens with two attached hydrogens (primary N) is 1. The Kier molecular flexibility index (Phi) is 6.79. The number of ether oxygens (including phenoxy) is 1. The van der Waals surface area contributed by atoms with Gasteiger partial charge >= 0.3 is 0 Å². The summed E-state index contributed by atoms with van der Waals surface area (Å²) < 4.78 is 72.7. The molecule has 1 heterocycles. The molecule has 0 fully saturated rings. The molecule has 11 heteroatoms. The third-order valence-electron chi connectivity index (χ3n) is 6.63. The quantitative estimate of drug-likeness (QED) is 0.290. The molecule has 2 N–H and O–H groups in total. The van der Waals surface area contributed by atoms with Crippen molar-refractivity contribution in [2.45, 2.75) is 26.0 Å². The van der Waals surface area contributed by atoms with Crippen LogP contribution in [0, 0.1) is 31.3 Å². The zero-order valence-corrected chi connectivity index (χ0v) is 22.6. The number of hydrogen-bond donors (Lipinski definition) is 1. The Bertz CT molecular complexity index is 1820. The molecule has 1 aromatic heterocycles. The highest BCUT2D eigenvalue weighted by atomic mass is 32.2. The van der Waals surface area contributed by atoms with E-state index in [0.29, 0.717) is 16.7 Å². The lowest BCUT2D eigenvalue weighted by atomic mass is 10.0. The normalized spacial score (nSPS) is 12.8. The Balaban J connectivity index is 1.41. The van der Waals surface area contributed by atoms with Gasteiger partial charge in [-0.3, -0.25) is 4.79 Å². The Morgan fingerprint density at radius 2 is 1.80 bits per heavy atom. The molecule has 0 atom stereocenters. The van der Waals surface area contributed by atoms with Crippen LogP contribution in [0.3, 0.4) is 0 Å². The highest BCUT2D eigenvalue weighted by molar-refractivity contribution is 7.89. The molecule has 0 saturated heterocycles. The molecule has 206 valence electrons. The van der Waals surface area contributed by atoms with E-state index in [0.717, 1.165) is 45.6 Å². The minimum absolute atomic E-state index is 0.0339. The first-order valence-electron chi connectivity index (χ1n) is 12.1. The van der Waals surface area contributed by atoms with Gasteiger partial charge in [-0.05, 0) is 65.9 Å². The van der Waals surface area contributed by atoms with Gasteiger partial charge in [-0.25, -0.2) is 26.3 Å². The first-order chi connectivity index (χ1) is 18.8. The number of carbonyl (C=O) groups excluding carboxylic acids is 1. The van der Waals surface area contributed by atoms with Gasteiger partial charge in [0.25, 0.3) is 0 Å². The minimum atomic E-state index is -3.23. The van der Waals surface area contributed by atoms with Gasteiger partial charge in [-0.2, -0.15) is 5.10 Å². The molecule has 0 radical (unpaired) electrons. The molecular weight excluding hydrogens is 543 g/mol. The Morgan fingerprint density at radius 3 is 2.50 bits per heavy atom. The van der Waals surface area contributed by atoms with E-state index in [4.69, 9.17) is 10.5 Å². The van der Waals surface area contributed by atoms with Crippen LogP contribution < -0.4 is 10.5 Å².